The smallest absolute Gasteiger partial charge is 0.258 e. The third kappa shape index (κ3) is 4.28. The fraction of sp³-hybridized carbons (Fsp3) is 0.143. The van der Waals surface area contributed by atoms with Gasteiger partial charge in [-0.2, -0.15) is 0 Å². The number of nitrogens with two attached hydrogens (primary N) is 1. The van der Waals surface area contributed by atoms with Gasteiger partial charge in [0.15, 0.2) is 5.16 Å². The van der Waals surface area contributed by atoms with E-state index in [2.05, 4.69) is 19.9 Å². The summed E-state index contributed by atoms with van der Waals surface area (Å²) >= 11 is 13.3. The van der Waals surface area contributed by atoms with Crippen molar-refractivity contribution in [3.63, 3.8) is 0 Å². The van der Waals surface area contributed by atoms with Crippen molar-refractivity contribution in [3.8, 4) is 11.1 Å². The molecule has 2 heterocycles. The highest BCUT2D eigenvalue weighted by Gasteiger charge is 2.14. The predicted octanol–water partition coefficient (Wildman–Crippen LogP) is 5.12. The van der Waals surface area contributed by atoms with Gasteiger partial charge in [-0.25, -0.2) is 15.0 Å². The molecule has 0 aliphatic heterocycles. The van der Waals surface area contributed by atoms with E-state index in [1.165, 1.54) is 11.8 Å². The zero-order chi connectivity index (χ0) is 21.3. The largest absolute Gasteiger partial charge is 0.383 e. The first-order valence-corrected chi connectivity index (χ1v) is 10.9. The zero-order valence-electron chi connectivity index (χ0n) is 15.9. The fourth-order valence-electron chi connectivity index (χ4n) is 3.12. The monoisotopic (exact) mass is 457 g/mol. The van der Waals surface area contributed by atoms with Crippen molar-refractivity contribution in [1.82, 2.24) is 19.9 Å². The second-order valence-electron chi connectivity index (χ2n) is 6.54. The summed E-state index contributed by atoms with van der Waals surface area (Å²) in [4.78, 5) is 28.7. The van der Waals surface area contributed by atoms with Gasteiger partial charge in [0.2, 0.25) is 0 Å². The summed E-state index contributed by atoms with van der Waals surface area (Å²) in [6, 6.07) is 12.5. The summed E-state index contributed by atoms with van der Waals surface area (Å²) in [5.41, 5.74) is 9.21. The molecule has 152 valence electrons. The molecule has 0 aliphatic carbocycles. The Morgan fingerprint density at radius 2 is 1.77 bits per heavy atom. The Labute approximate surface area is 186 Å². The van der Waals surface area contributed by atoms with Crippen LogP contribution in [-0.2, 0) is 12.2 Å². The Balaban J connectivity index is 1.62. The van der Waals surface area contributed by atoms with Gasteiger partial charge in [-0.15, -0.1) is 0 Å². The minimum absolute atomic E-state index is 0.231. The highest BCUT2D eigenvalue weighted by molar-refractivity contribution is 7.98. The number of anilines is 1. The molecule has 0 atom stereocenters. The molecule has 30 heavy (non-hydrogen) atoms. The van der Waals surface area contributed by atoms with Crippen LogP contribution in [0.15, 0.2) is 52.4 Å². The second kappa shape index (κ2) is 8.63. The summed E-state index contributed by atoms with van der Waals surface area (Å²) in [5, 5.41) is 2.13. The molecule has 0 amide bonds. The van der Waals surface area contributed by atoms with Gasteiger partial charge in [0.05, 0.1) is 22.3 Å². The number of rotatable bonds is 5. The number of aromatic amines is 1. The molecular formula is C21H17Cl2N5OS. The SMILES string of the molecule is CCc1nc(SCc2nc3ccc(Cl)cc3c(=O)[nH]2)nc(N)c1-c1ccc(Cl)cc1. The minimum Gasteiger partial charge on any atom is -0.383 e. The van der Waals surface area contributed by atoms with Crippen LogP contribution in [0.25, 0.3) is 22.0 Å². The van der Waals surface area contributed by atoms with Crippen molar-refractivity contribution in [2.75, 3.05) is 5.73 Å². The van der Waals surface area contributed by atoms with E-state index in [0.29, 0.717) is 49.9 Å². The third-order valence-corrected chi connectivity index (χ3v) is 5.86. The molecule has 0 radical (unpaired) electrons. The number of H-pyrrole nitrogens is 1. The zero-order valence-corrected chi connectivity index (χ0v) is 18.3. The first-order valence-electron chi connectivity index (χ1n) is 9.18. The van der Waals surface area contributed by atoms with Crippen molar-refractivity contribution >= 4 is 51.7 Å². The molecule has 0 saturated heterocycles. The number of aryl methyl sites for hydroxylation is 1. The molecule has 0 fully saturated rings. The molecule has 0 aliphatic rings. The highest BCUT2D eigenvalue weighted by atomic mass is 35.5. The van der Waals surface area contributed by atoms with Crippen molar-refractivity contribution in [1.29, 1.82) is 0 Å². The molecule has 3 N–H and O–H groups in total. The van der Waals surface area contributed by atoms with Crippen molar-refractivity contribution < 1.29 is 0 Å². The van der Waals surface area contributed by atoms with E-state index in [9.17, 15) is 4.79 Å². The molecule has 2 aromatic heterocycles. The summed E-state index contributed by atoms with van der Waals surface area (Å²) in [6.45, 7) is 2.02. The number of aromatic nitrogens is 4. The van der Waals surface area contributed by atoms with Gasteiger partial charge in [-0.1, -0.05) is 54.0 Å². The average Bonchev–Trinajstić information content (AvgIpc) is 2.73. The number of halogens is 2. The predicted molar refractivity (Wildman–Crippen MR) is 123 cm³/mol. The molecule has 2 aromatic carbocycles. The first-order chi connectivity index (χ1) is 14.4. The molecule has 0 spiro atoms. The maximum atomic E-state index is 12.3. The number of hydrogen-bond donors (Lipinski definition) is 2. The van der Waals surface area contributed by atoms with E-state index in [-0.39, 0.29) is 5.56 Å². The summed E-state index contributed by atoms with van der Waals surface area (Å²) < 4.78 is 0. The number of nitrogens with one attached hydrogen (secondary N) is 1. The molecule has 0 bridgehead atoms. The molecule has 9 heteroatoms. The Bertz CT molecular complexity index is 1290. The molecule has 4 rings (SSSR count). The van der Waals surface area contributed by atoms with Gasteiger partial charge in [0.1, 0.15) is 11.6 Å². The summed E-state index contributed by atoms with van der Waals surface area (Å²) in [7, 11) is 0. The van der Waals surface area contributed by atoms with Crippen molar-refractivity contribution in [3.05, 3.63) is 74.4 Å². The maximum absolute atomic E-state index is 12.3. The normalized spacial score (nSPS) is 11.2. The standard InChI is InChI=1S/C21H17Cl2N5OS/c1-2-15-18(11-3-5-12(22)6-4-11)19(24)28-21(26-15)30-10-17-25-16-8-7-13(23)9-14(16)20(29)27-17/h3-9H,2,10H2,1H3,(H2,24,26,28)(H,25,27,29). The van der Waals surface area contributed by atoms with Gasteiger partial charge in [-0.05, 0) is 42.3 Å². The third-order valence-electron chi connectivity index (χ3n) is 4.51. The fourth-order valence-corrected chi connectivity index (χ4v) is 4.15. The summed E-state index contributed by atoms with van der Waals surface area (Å²) in [6.07, 6.45) is 0.698. The Morgan fingerprint density at radius 1 is 1.03 bits per heavy atom. The van der Waals surface area contributed by atoms with Crippen LogP contribution in [-0.4, -0.2) is 19.9 Å². The molecule has 0 unspecified atom stereocenters. The van der Waals surface area contributed by atoms with Crippen molar-refractivity contribution in [2.24, 2.45) is 0 Å². The number of nitrogen functional groups attached to an aromatic ring is 1. The van der Waals surface area contributed by atoms with Gasteiger partial charge >= 0.3 is 0 Å². The van der Waals surface area contributed by atoms with Crippen LogP contribution in [0.1, 0.15) is 18.4 Å². The lowest BCUT2D eigenvalue weighted by Gasteiger charge is -2.12. The quantitative estimate of drug-likeness (QED) is 0.318. The maximum Gasteiger partial charge on any atom is 0.258 e. The van der Waals surface area contributed by atoms with Gasteiger partial charge in [-0.3, -0.25) is 4.79 Å². The number of benzene rings is 2. The summed E-state index contributed by atoms with van der Waals surface area (Å²) in [5.74, 6) is 1.33. The van der Waals surface area contributed by atoms with Crippen molar-refractivity contribution in [2.45, 2.75) is 24.3 Å². The number of thioether (sulfide) groups is 1. The number of nitrogens with zero attached hydrogens (tertiary/aromatic N) is 3. The van der Waals surface area contributed by atoms with Gasteiger partial charge in [0, 0.05) is 15.6 Å². The Hall–Kier alpha value is -2.61. The molecule has 6 nitrogen and oxygen atoms in total. The van der Waals surface area contributed by atoms with Gasteiger partial charge in [0.25, 0.3) is 5.56 Å². The van der Waals surface area contributed by atoms with E-state index in [4.69, 9.17) is 28.9 Å². The van der Waals surface area contributed by atoms with Crippen LogP contribution < -0.4 is 11.3 Å². The average molecular weight is 458 g/mol. The lowest BCUT2D eigenvalue weighted by Crippen LogP contribution is -2.11. The van der Waals surface area contributed by atoms with Crippen LogP contribution in [0.3, 0.4) is 0 Å². The minimum atomic E-state index is -0.231. The van der Waals surface area contributed by atoms with E-state index in [1.54, 1.807) is 18.2 Å². The van der Waals surface area contributed by atoms with Crippen LogP contribution in [0, 0.1) is 0 Å². The lowest BCUT2D eigenvalue weighted by molar-refractivity contribution is 0.897. The van der Waals surface area contributed by atoms with E-state index in [0.717, 1.165) is 16.8 Å². The number of hydrogen-bond acceptors (Lipinski definition) is 6. The van der Waals surface area contributed by atoms with Crippen LogP contribution in [0.4, 0.5) is 5.82 Å². The van der Waals surface area contributed by atoms with E-state index >= 15 is 0 Å². The lowest BCUT2D eigenvalue weighted by atomic mass is 10.0. The Kier molecular flexibility index (Phi) is 5.94. The molecule has 4 aromatic rings. The highest BCUT2D eigenvalue weighted by Crippen LogP contribution is 2.31. The number of fused-ring (bicyclic) bond motifs is 1. The Morgan fingerprint density at radius 3 is 2.50 bits per heavy atom. The second-order valence-corrected chi connectivity index (χ2v) is 8.35. The van der Waals surface area contributed by atoms with Crippen LogP contribution >= 0.6 is 35.0 Å². The first kappa shape index (κ1) is 20.7. The van der Waals surface area contributed by atoms with Crippen LogP contribution in [0.2, 0.25) is 10.0 Å². The topological polar surface area (TPSA) is 97.5 Å². The van der Waals surface area contributed by atoms with E-state index in [1.807, 2.05) is 31.2 Å². The molecule has 0 saturated carbocycles. The van der Waals surface area contributed by atoms with Gasteiger partial charge < -0.3 is 10.7 Å². The van der Waals surface area contributed by atoms with Crippen LogP contribution in [0.5, 0.6) is 0 Å². The van der Waals surface area contributed by atoms with E-state index < -0.39 is 0 Å². The molecular weight excluding hydrogens is 441 g/mol.